The van der Waals surface area contributed by atoms with Crippen molar-refractivity contribution >= 4 is 40.8 Å². The Morgan fingerprint density at radius 3 is 1.92 bits per heavy atom. The SMILES string of the molecule is O=C(O)c1c(Cl)cc(Cl)cc1Cl.[H-].[Na+]. The van der Waals surface area contributed by atoms with Crippen LogP contribution >= 0.6 is 34.8 Å². The fourth-order valence-electron chi connectivity index (χ4n) is 0.747. The Bertz CT molecular complexity index is 323. The maximum atomic E-state index is 10.5. The van der Waals surface area contributed by atoms with Crippen LogP contribution in [0.2, 0.25) is 15.1 Å². The van der Waals surface area contributed by atoms with E-state index in [2.05, 4.69) is 0 Å². The molecule has 0 heterocycles. The van der Waals surface area contributed by atoms with Crippen molar-refractivity contribution in [3.05, 3.63) is 32.8 Å². The molecule has 1 rings (SSSR count). The molecule has 0 unspecified atom stereocenters. The molecule has 0 aliphatic carbocycles. The molecule has 0 bridgehead atoms. The van der Waals surface area contributed by atoms with Crippen molar-refractivity contribution in [3.8, 4) is 0 Å². The van der Waals surface area contributed by atoms with E-state index in [1.165, 1.54) is 12.1 Å². The van der Waals surface area contributed by atoms with E-state index in [0.29, 0.717) is 5.02 Å². The van der Waals surface area contributed by atoms with Crippen molar-refractivity contribution in [2.24, 2.45) is 0 Å². The Kier molecular flexibility index (Phi) is 5.68. The molecule has 13 heavy (non-hydrogen) atoms. The zero-order valence-corrected chi connectivity index (χ0v) is 10.9. The topological polar surface area (TPSA) is 37.3 Å². The molecule has 6 heteroatoms. The summed E-state index contributed by atoms with van der Waals surface area (Å²) in [5.74, 6) is -1.17. The molecule has 0 radical (unpaired) electrons. The second-order valence-electron chi connectivity index (χ2n) is 2.05. The van der Waals surface area contributed by atoms with E-state index in [0.717, 1.165) is 0 Å². The van der Waals surface area contributed by atoms with Crippen LogP contribution in [-0.4, -0.2) is 11.1 Å². The van der Waals surface area contributed by atoms with E-state index < -0.39 is 5.97 Å². The van der Waals surface area contributed by atoms with Crippen molar-refractivity contribution in [1.29, 1.82) is 0 Å². The van der Waals surface area contributed by atoms with Gasteiger partial charge in [-0.05, 0) is 12.1 Å². The summed E-state index contributed by atoms with van der Waals surface area (Å²) in [6.45, 7) is 0. The number of halogens is 3. The predicted molar refractivity (Wildman–Crippen MR) is 49.5 cm³/mol. The molecule has 0 atom stereocenters. The number of aromatic carboxylic acids is 1. The van der Waals surface area contributed by atoms with Gasteiger partial charge in [-0.1, -0.05) is 34.8 Å². The van der Waals surface area contributed by atoms with E-state index in [9.17, 15) is 4.79 Å². The molecule has 0 aliphatic heterocycles. The van der Waals surface area contributed by atoms with Crippen molar-refractivity contribution < 1.29 is 40.9 Å². The third-order valence-corrected chi connectivity index (χ3v) is 2.04. The largest absolute Gasteiger partial charge is 1.00 e. The summed E-state index contributed by atoms with van der Waals surface area (Å²) >= 11 is 16.7. The molecule has 0 saturated heterocycles. The fourth-order valence-corrected chi connectivity index (χ4v) is 1.73. The normalized spacial score (nSPS) is 9.15. The molecule has 1 N–H and O–H groups in total. The zero-order chi connectivity index (χ0) is 9.30. The first kappa shape index (κ1) is 13.6. The first-order valence-corrected chi connectivity index (χ1v) is 4.03. The Labute approximate surface area is 114 Å². The summed E-state index contributed by atoms with van der Waals surface area (Å²) in [4.78, 5) is 10.5. The van der Waals surface area contributed by atoms with Gasteiger partial charge in [-0.25, -0.2) is 4.79 Å². The van der Waals surface area contributed by atoms with Crippen molar-refractivity contribution in [3.63, 3.8) is 0 Å². The first-order valence-electron chi connectivity index (χ1n) is 2.90. The number of carbonyl (C=O) groups is 1. The quantitative estimate of drug-likeness (QED) is 0.734. The van der Waals surface area contributed by atoms with E-state index in [1.54, 1.807) is 0 Å². The van der Waals surface area contributed by atoms with Crippen LogP contribution in [0.4, 0.5) is 0 Å². The average molecular weight is 249 g/mol. The minimum atomic E-state index is -1.17. The summed E-state index contributed by atoms with van der Waals surface area (Å²) in [5.41, 5.74) is -0.122. The average Bonchev–Trinajstić information content (AvgIpc) is 1.82. The van der Waals surface area contributed by atoms with Gasteiger partial charge in [0, 0.05) is 5.02 Å². The van der Waals surface area contributed by atoms with Gasteiger partial charge < -0.3 is 6.53 Å². The molecule has 0 aliphatic rings. The maximum Gasteiger partial charge on any atom is 1.00 e. The molecule has 0 saturated carbocycles. The van der Waals surface area contributed by atoms with Gasteiger partial charge in [0.15, 0.2) is 0 Å². The molecule has 66 valence electrons. The number of carboxylic acid groups (broad SMARTS) is 1. The molecular formula is C7H4Cl3NaO2. The summed E-state index contributed by atoms with van der Waals surface area (Å²) < 4.78 is 0. The van der Waals surface area contributed by atoms with Gasteiger partial charge >= 0.3 is 35.5 Å². The van der Waals surface area contributed by atoms with Gasteiger partial charge in [-0.3, -0.25) is 0 Å². The Morgan fingerprint density at radius 2 is 1.62 bits per heavy atom. The second-order valence-corrected chi connectivity index (χ2v) is 3.30. The molecule has 1 aromatic rings. The minimum Gasteiger partial charge on any atom is -1.00 e. The minimum absolute atomic E-state index is 0. The number of hydrogen-bond acceptors (Lipinski definition) is 1. The third-order valence-electron chi connectivity index (χ3n) is 1.22. The number of rotatable bonds is 1. The van der Waals surface area contributed by atoms with E-state index in [4.69, 9.17) is 39.9 Å². The van der Waals surface area contributed by atoms with Crippen LogP contribution < -0.4 is 29.6 Å². The van der Waals surface area contributed by atoms with E-state index in [1.807, 2.05) is 0 Å². The monoisotopic (exact) mass is 248 g/mol. The van der Waals surface area contributed by atoms with E-state index in [-0.39, 0.29) is 46.6 Å². The van der Waals surface area contributed by atoms with Gasteiger partial charge in [0.05, 0.1) is 15.6 Å². The van der Waals surface area contributed by atoms with Gasteiger partial charge in [-0.15, -0.1) is 0 Å². The molecule has 0 fully saturated rings. The Balaban J connectivity index is 0. The van der Waals surface area contributed by atoms with Crippen LogP contribution in [0.1, 0.15) is 11.8 Å². The number of hydrogen-bond donors (Lipinski definition) is 1. The van der Waals surface area contributed by atoms with Crippen LogP contribution in [0.15, 0.2) is 12.1 Å². The predicted octanol–water partition coefficient (Wildman–Crippen LogP) is 0.461. The van der Waals surface area contributed by atoms with Crippen molar-refractivity contribution in [1.82, 2.24) is 0 Å². The molecule has 0 spiro atoms. The van der Waals surface area contributed by atoms with Gasteiger partial charge in [-0.2, -0.15) is 0 Å². The van der Waals surface area contributed by atoms with Crippen molar-refractivity contribution in [2.45, 2.75) is 0 Å². The van der Waals surface area contributed by atoms with Crippen LogP contribution in [0.5, 0.6) is 0 Å². The zero-order valence-electron chi connectivity index (χ0n) is 7.64. The standard InChI is InChI=1S/C7H3Cl3O2.Na.H/c8-3-1-4(9)6(7(11)12)5(10)2-3;;/h1-2H,(H,11,12);;/q;+1;-1. The maximum absolute atomic E-state index is 10.5. The van der Waals surface area contributed by atoms with Crippen LogP contribution in [0, 0.1) is 0 Å². The van der Waals surface area contributed by atoms with Gasteiger partial charge in [0.25, 0.3) is 0 Å². The molecule has 0 aromatic heterocycles. The van der Waals surface area contributed by atoms with Crippen LogP contribution in [0.3, 0.4) is 0 Å². The number of carboxylic acids is 1. The Hall–Kier alpha value is 0.560. The van der Waals surface area contributed by atoms with Crippen LogP contribution in [0.25, 0.3) is 0 Å². The fraction of sp³-hybridized carbons (Fsp3) is 0. The number of benzene rings is 1. The summed E-state index contributed by atoms with van der Waals surface area (Å²) in [7, 11) is 0. The first-order chi connectivity index (χ1) is 5.52. The Morgan fingerprint density at radius 1 is 1.23 bits per heavy atom. The molecule has 2 nitrogen and oxygen atoms in total. The third kappa shape index (κ3) is 3.31. The molecule has 1 aromatic carbocycles. The summed E-state index contributed by atoms with van der Waals surface area (Å²) in [5, 5.41) is 9.02. The summed E-state index contributed by atoms with van der Waals surface area (Å²) in [6, 6.07) is 2.66. The van der Waals surface area contributed by atoms with Crippen LogP contribution in [-0.2, 0) is 0 Å². The molecule has 0 amide bonds. The second kappa shape index (κ2) is 5.44. The van der Waals surface area contributed by atoms with E-state index >= 15 is 0 Å². The van der Waals surface area contributed by atoms with Crippen molar-refractivity contribution in [2.75, 3.05) is 0 Å². The van der Waals surface area contributed by atoms with Gasteiger partial charge in [0.1, 0.15) is 0 Å². The van der Waals surface area contributed by atoms with Gasteiger partial charge in [0.2, 0.25) is 0 Å². The smallest absolute Gasteiger partial charge is 1.00 e. The molecular weight excluding hydrogens is 245 g/mol. The summed E-state index contributed by atoms with van der Waals surface area (Å²) in [6.07, 6.45) is 0.